The summed E-state index contributed by atoms with van der Waals surface area (Å²) in [6.07, 6.45) is 7.84. The Hall–Kier alpha value is -7.16. The Bertz CT molecular complexity index is 2860. The van der Waals surface area contributed by atoms with E-state index in [0.717, 1.165) is 13.0 Å². The molecule has 0 unspecified atom stereocenters. The number of aromatic nitrogens is 1. The molecule has 0 saturated heterocycles. The number of nitrogens with zero attached hydrogens (tertiary/aromatic N) is 2. The predicted molar refractivity (Wildman–Crippen MR) is 239 cm³/mol. The van der Waals surface area contributed by atoms with Crippen molar-refractivity contribution in [2.45, 2.75) is 11.8 Å². The Kier molecular flexibility index (Phi) is 7.89. The summed E-state index contributed by atoms with van der Waals surface area (Å²) in [5.41, 5.74) is 17.1. The maximum absolute atomic E-state index is 2.56. The van der Waals surface area contributed by atoms with Gasteiger partial charge in [-0.15, -0.1) is 0 Å². The number of para-hydroxylation sites is 1. The Labute approximate surface area is 333 Å². The fourth-order valence-electron chi connectivity index (χ4n) is 9.63. The molecule has 11 rings (SSSR count). The van der Waals surface area contributed by atoms with Crippen molar-refractivity contribution in [1.82, 2.24) is 4.57 Å². The first kappa shape index (κ1) is 33.2. The third-order valence-electron chi connectivity index (χ3n) is 12.2. The fraction of sp³-hybridized carbons (Fsp3) is 0.0545. The first-order valence-corrected chi connectivity index (χ1v) is 19.9. The SMILES string of the molecule is C1=CCc2cc(-n3c4ccc(-c5ccccc5)cc4c4cc(-c5ccccc5)ccc43)ccc2N2CC(=C1)C(c1ccccc1)(c1ccccc1)c1ccccc12. The molecular formula is C55H40N2. The highest BCUT2D eigenvalue weighted by atomic mass is 15.2. The van der Waals surface area contributed by atoms with Crippen LogP contribution >= 0.6 is 0 Å². The number of benzene rings is 8. The molecule has 2 heteroatoms. The van der Waals surface area contributed by atoms with Gasteiger partial charge in [-0.05, 0) is 105 Å². The van der Waals surface area contributed by atoms with Crippen LogP contribution in [0.5, 0.6) is 0 Å². The van der Waals surface area contributed by atoms with Crippen molar-refractivity contribution in [3.8, 4) is 27.9 Å². The van der Waals surface area contributed by atoms with E-state index in [2.05, 4.69) is 228 Å². The van der Waals surface area contributed by atoms with Crippen LogP contribution in [0.4, 0.5) is 11.4 Å². The zero-order valence-electron chi connectivity index (χ0n) is 31.6. The molecule has 0 N–H and O–H groups in total. The van der Waals surface area contributed by atoms with Crippen LogP contribution < -0.4 is 4.90 Å². The van der Waals surface area contributed by atoms with Gasteiger partial charge in [-0.2, -0.15) is 0 Å². The molecule has 0 atom stereocenters. The van der Waals surface area contributed by atoms with Crippen molar-refractivity contribution >= 4 is 33.2 Å². The summed E-state index contributed by atoms with van der Waals surface area (Å²) in [6, 6.07) is 73.7. The molecule has 0 radical (unpaired) electrons. The molecule has 0 amide bonds. The van der Waals surface area contributed by atoms with E-state index < -0.39 is 5.41 Å². The first-order chi connectivity index (χ1) is 28.3. The van der Waals surface area contributed by atoms with E-state index in [1.54, 1.807) is 0 Å². The number of hydrogen-bond acceptors (Lipinski definition) is 1. The fourth-order valence-corrected chi connectivity index (χ4v) is 9.63. The van der Waals surface area contributed by atoms with E-state index in [-0.39, 0.29) is 0 Å². The van der Waals surface area contributed by atoms with Gasteiger partial charge in [0.25, 0.3) is 0 Å². The summed E-state index contributed by atoms with van der Waals surface area (Å²) < 4.78 is 2.47. The van der Waals surface area contributed by atoms with E-state index in [1.807, 2.05) is 0 Å². The molecule has 2 bridgehead atoms. The summed E-state index contributed by atoms with van der Waals surface area (Å²) in [6.45, 7) is 0.775. The second-order valence-electron chi connectivity index (χ2n) is 15.3. The average Bonchev–Trinajstić information content (AvgIpc) is 3.65. The number of hydrogen-bond donors (Lipinski definition) is 0. The molecule has 0 fully saturated rings. The monoisotopic (exact) mass is 728 g/mol. The normalized spacial score (nSPS) is 14.3. The minimum absolute atomic E-state index is 0.426. The topological polar surface area (TPSA) is 8.17 Å². The standard InChI is InChI=1S/C55H40N2/c1-5-17-39(18-6-1)41-29-32-52-48(36-41)49-37-42(40-19-7-2-8-20-40)30-33-53(49)57(52)47-31-34-51-43(35-47)21-13-14-26-46-38-56(51)54-28-16-15-27-50(54)55(46,44-22-9-3-10-23-44)45-24-11-4-12-25-45/h1-20,22-37H,21,38H2. The molecule has 2 nitrogen and oxygen atoms in total. The highest BCUT2D eigenvalue weighted by molar-refractivity contribution is 6.11. The summed E-state index contributed by atoms with van der Waals surface area (Å²) >= 11 is 0. The minimum Gasteiger partial charge on any atom is -0.337 e. The Balaban J connectivity index is 1.10. The number of allylic oxidation sites excluding steroid dienone is 3. The molecule has 9 aromatic rings. The second kappa shape index (κ2) is 13.5. The van der Waals surface area contributed by atoms with Crippen LogP contribution in [-0.4, -0.2) is 11.1 Å². The largest absolute Gasteiger partial charge is 0.337 e. The second-order valence-corrected chi connectivity index (χ2v) is 15.3. The van der Waals surface area contributed by atoms with Gasteiger partial charge < -0.3 is 9.47 Å². The van der Waals surface area contributed by atoms with E-state index in [0.29, 0.717) is 0 Å². The lowest BCUT2D eigenvalue weighted by atomic mass is 9.62. The van der Waals surface area contributed by atoms with Crippen molar-refractivity contribution < 1.29 is 0 Å². The van der Waals surface area contributed by atoms with Gasteiger partial charge in [0.2, 0.25) is 0 Å². The lowest BCUT2D eigenvalue weighted by molar-refractivity contribution is 0.674. The highest BCUT2D eigenvalue weighted by Gasteiger charge is 2.46. The van der Waals surface area contributed by atoms with Crippen molar-refractivity contribution in [1.29, 1.82) is 0 Å². The van der Waals surface area contributed by atoms with E-state index in [4.69, 9.17) is 0 Å². The van der Waals surface area contributed by atoms with Gasteiger partial charge >= 0.3 is 0 Å². The molecule has 270 valence electrons. The smallest absolute Gasteiger partial charge is 0.0702 e. The molecular weight excluding hydrogens is 689 g/mol. The Morgan fingerprint density at radius 1 is 0.439 bits per heavy atom. The van der Waals surface area contributed by atoms with Crippen LogP contribution in [-0.2, 0) is 11.8 Å². The molecule has 0 saturated carbocycles. The maximum atomic E-state index is 2.56. The van der Waals surface area contributed by atoms with Crippen LogP contribution in [0.3, 0.4) is 0 Å². The minimum atomic E-state index is -0.426. The van der Waals surface area contributed by atoms with Gasteiger partial charge in [0.15, 0.2) is 0 Å². The molecule has 2 aliphatic rings. The van der Waals surface area contributed by atoms with Crippen molar-refractivity contribution in [2.24, 2.45) is 0 Å². The zero-order chi connectivity index (χ0) is 37.8. The number of rotatable bonds is 5. The van der Waals surface area contributed by atoms with Gasteiger partial charge in [0.1, 0.15) is 0 Å². The van der Waals surface area contributed by atoms with Crippen molar-refractivity contribution in [3.63, 3.8) is 0 Å². The van der Waals surface area contributed by atoms with Crippen LogP contribution in [0.1, 0.15) is 22.3 Å². The van der Waals surface area contributed by atoms with E-state index >= 15 is 0 Å². The van der Waals surface area contributed by atoms with Gasteiger partial charge in [0, 0.05) is 34.4 Å². The summed E-state index contributed by atoms with van der Waals surface area (Å²) in [5, 5.41) is 2.51. The maximum Gasteiger partial charge on any atom is 0.0702 e. The summed E-state index contributed by atoms with van der Waals surface area (Å²) in [4.78, 5) is 2.56. The molecule has 0 aliphatic carbocycles. The molecule has 3 heterocycles. The molecule has 0 spiro atoms. The van der Waals surface area contributed by atoms with Crippen molar-refractivity contribution in [2.75, 3.05) is 11.4 Å². The van der Waals surface area contributed by atoms with Gasteiger partial charge in [-0.3, -0.25) is 0 Å². The van der Waals surface area contributed by atoms with Gasteiger partial charge in [-0.1, -0.05) is 170 Å². The van der Waals surface area contributed by atoms with Crippen LogP contribution in [0.25, 0.3) is 49.7 Å². The Morgan fingerprint density at radius 2 is 0.982 bits per heavy atom. The molecule has 8 aromatic carbocycles. The van der Waals surface area contributed by atoms with Gasteiger partial charge in [0.05, 0.1) is 16.4 Å². The third kappa shape index (κ3) is 5.33. The summed E-state index contributed by atoms with van der Waals surface area (Å²) in [5.74, 6) is 0. The van der Waals surface area contributed by atoms with Crippen LogP contribution in [0.15, 0.2) is 224 Å². The number of fused-ring (bicyclic) bond motifs is 9. The first-order valence-electron chi connectivity index (χ1n) is 19.9. The lowest BCUT2D eigenvalue weighted by Crippen LogP contribution is -2.42. The van der Waals surface area contributed by atoms with E-state index in [9.17, 15) is 0 Å². The quantitative estimate of drug-likeness (QED) is 0.171. The van der Waals surface area contributed by atoms with Gasteiger partial charge in [-0.25, -0.2) is 0 Å². The molecule has 57 heavy (non-hydrogen) atoms. The average molecular weight is 729 g/mol. The number of anilines is 2. The van der Waals surface area contributed by atoms with E-state index in [1.165, 1.54) is 88.9 Å². The highest BCUT2D eigenvalue weighted by Crippen LogP contribution is 2.54. The van der Waals surface area contributed by atoms with Crippen molar-refractivity contribution in [3.05, 3.63) is 246 Å². The molecule has 2 aliphatic heterocycles. The van der Waals surface area contributed by atoms with Crippen LogP contribution in [0.2, 0.25) is 0 Å². The predicted octanol–water partition coefficient (Wildman–Crippen LogP) is 13.6. The zero-order valence-corrected chi connectivity index (χ0v) is 31.6. The summed E-state index contributed by atoms with van der Waals surface area (Å²) in [7, 11) is 0. The third-order valence-corrected chi connectivity index (χ3v) is 12.2. The Morgan fingerprint density at radius 3 is 1.58 bits per heavy atom. The molecule has 1 aromatic heterocycles. The van der Waals surface area contributed by atoms with Crippen LogP contribution in [0, 0.1) is 0 Å². The lowest BCUT2D eigenvalue weighted by Gasteiger charge is -2.47.